The first-order valence-corrected chi connectivity index (χ1v) is 9.16. The van der Waals surface area contributed by atoms with Crippen molar-refractivity contribution >= 4 is 29.3 Å². The molecular formula is C20H18ClN5O. The van der Waals surface area contributed by atoms with Crippen LogP contribution in [0.5, 0.6) is 0 Å². The summed E-state index contributed by atoms with van der Waals surface area (Å²) in [5.41, 5.74) is 1.45. The maximum absolute atomic E-state index is 12.9. The van der Waals surface area contributed by atoms with Crippen molar-refractivity contribution in [2.45, 2.75) is 18.9 Å². The Kier molecular flexibility index (Phi) is 4.98. The minimum Gasteiger partial charge on any atom is -0.330 e. The van der Waals surface area contributed by atoms with E-state index in [2.05, 4.69) is 20.3 Å². The van der Waals surface area contributed by atoms with Gasteiger partial charge in [-0.2, -0.15) is 0 Å². The number of carbonyl (C=O) groups is 1. The van der Waals surface area contributed by atoms with Crippen LogP contribution in [0, 0.1) is 0 Å². The average Bonchev–Trinajstić information content (AvgIpc) is 3.19. The molecule has 2 aromatic heterocycles. The Labute approximate surface area is 162 Å². The van der Waals surface area contributed by atoms with E-state index in [1.54, 1.807) is 36.7 Å². The fourth-order valence-corrected chi connectivity index (χ4v) is 3.37. The molecule has 1 aromatic carbocycles. The monoisotopic (exact) mass is 379 g/mol. The molecule has 1 aliphatic heterocycles. The van der Waals surface area contributed by atoms with Gasteiger partial charge in [-0.25, -0.2) is 15.0 Å². The quantitative estimate of drug-likeness (QED) is 0.733. The van der Waals surface area contributed by atoms with E-state index in [-0.39, 0.29) is 11.9 Å². The van der Waals surface area contributed by atoms with Gasteiger partial charge in [0.15, 0.2) is 0 Å². The molecule has 1 atom stereocenters. The summed E-state index contributed by atoms with van der Waals surface area (Å²) >= 11 is 5.93. The summed E-state index contributed by atoms with van der Waals surface area (Å²) in [6.45, 7) is 0.707. The van der Waals surface area contributed by atoms with Crippen LogP contribution < -0.4 is 5.32 Å². The number of benzene rings is 1. The van der Waals surface area contributed by atoms with Gasteiger partial charge in [0.2, 0.25) is 5.95 Å². The molecule has 136 valence electrons. The molecule has 0 radical (unpaired) electrons. The van der Waals surface area contributed by atoms with E-state index in [0.717, 1.165) is 18.5 Å². The molecule has 1 saturated heterocycles. The Balaban J connectivity index is 1.56. The molecule has 3 heterocycles. The van der Waals surface area contributed by atoms with Gasteiger partial charge in [0, 0.05) is 29.5 Å². The van der Waals surface area contributed by atoms with Gasteiger partial charge in [-0.05, 0) is 55.3 Å². The number of amides is 1. The van der Waals surface area contributed by atoms with E-state index in [1.807, 2.05) is 29.2 Å². The number of nitrogens with one attached hydrogen (secondary N) is 1. The minimum absolute atomic E-state index is 0.00739. The highest BCUT2D eigenvalue weighted by atomic mass is 35.5. The Bertz CT molecular complexity index is 933. The molecule has 27 heavy (non-hydrogen) atoms. The van der Waals surface area contributed by atoms with Gasteiger partial charge in [-0.3, -0.25) is 4.79 Å². The van der Waals surface area contributed by atoms with Crippen molar-refractivity contribution in [1.29, 1.82) is 0 Å². The largest absolute Gasteiger partial charge is 0.330 e. The lowest BCUT2D eigenvalue weighted by molar-refractivity contribution is 0.0733. The van der Waals surface area contributed by atoms with Crippen LogP contribution in [-0.4, -0.2) is 32.3 Å². The predicted molar refractivity (Wildman–Crippen MR) is 104 cm³/mol. The van der Waals surface area contributed by atoms with Crippen LogP contribution in [0.15, 0.2) is 60.9 Å². The second kappa shape index (κ2) is 7.72. The number of aromatic nitrogens is 3. The van der Waals surface area contributed by atoms with E-state index in [4.69, 9.17) is 11.6 Å². The molecule has 3 aromatic rings. The third-order valence-corrected chi connectivity index (χ3v) is 4.78. The molecular weight excluding hydrogens is 362 g/mol. The highest BCUT2D eigenvalue weighted by Gasteiger charge is 2.31. The lowest BCUT2D eigenvalue weighted by Gasteiger charge is -2.24. The van der Waals surface area contributed by atoms with Crippen LogP contribution in [0.2, 0.25) is 5.02 Å². The summed E-state index contributed by atoms with van der Waals surface area (Å²) in [7, 11) is 0. The molecule has 1 N–H and O–H groups in total. The number of nitrogens with zero attached hydrogens (tertiary/aromatic N) is 4. The van der Waals surface area contributed by atoms with Crippen molar-refractivity contribution in [2.75, 3.05) is 11.9 Å². The maximum Gasteiger partial charge on any atom is 0.254 e. The fraction of sp³-hybridized carbons (Fsp3) is 0.200. The zero-order chi connectivity index (χ0) is 18.6. The molecule has 1 aliphatic rings. The van der Waals surface area contributed by atoms with Gasteiger partial charge in [0.05, 0.1) is 11.7 Å². The normalized spacial score (nSPS) is 16.3. The second-order valence-electron chi connectivity index (χ2n) is 6.31. The third-order valence-electron chi connectivity index (χ3n) is 4.53. The molecule has 0 bridgehead atoms. The van der Waals surface area contributed by atoms with Crippen LogP contribution >= 0.6 is 11.6 Å². The fourth-order valence-electron chi connectivity index (χ4n) is 3.25. The standard InChI is InChI=1S/C20H18ClN5O/c21-15-8-6-14(7-9-15)19(27)26-13-3-4-17(26)16-10-12-23-20(24-16)25-18-5-1-2-11-22-18/h1-2,5-12,17H,3-4,13H2,(H,22,23,24,25). The second-order valence-corrected chi connectivity index (χ2v) is 6.74. The van der Waals surface area contributed by atoms with Crippen LogP contribution in [0.4, 0.5) is 11.8 Å². The lowest BCUT2D eigenvalue weighted by Crippen LogP contribution is -2.31. The molecule has 7 heteroatoms. The van der Waals surface area contributed by atoms with E-state index in [1.165, 1.54) is 0 Å². The number of rotatable bonds is 4. The molecule has 6 nitrogen and oxygen atoms in total. The van der Waals surface area contributed by atoms with Crippen LogP contribution in [-0.2, 0) is 0 Å². The van der Waals surface area contributed by atoms with Crippen molar-refractivity contribution in [2.24, 2.45) is 0 Å². The number of hydrogen-bond acceptors (Lipinski definition) is 5. The van der Waals surface area contributed by atoms with Crippen molar-refractivity contribution in [3.8, 4) is 0 Å². The first-order chi connectivity index (χ1) is 13.2. The van der Waals surface area contributed by atoms with Crippen molar-refractivity contribution in [3.63, 3.8) is 0 Å². The molecule has 1 amide bonds. The predicted octanol–water partition coefficient (Wildman–Crippen LogP) is 4.25. The zero-order valence-corrected chi connectivity index (χ0v) is 15.3. The summed E-state index contributed by atoms with van der Waals surface area (Å²) < 4.78 is 0. The van der Waals surface area contributed by atoms with Crippen LogP contribution in [0.3, 0.4) is 0 Å². The highest BCUT2D eigenvalue weighted by molar-refractivity contribution is 6.30. The van der Waals surface area contributed by atoms with Crippen LogP contribution in [0.25, 0.3) is 0 Å². The SMILES string of the molecule is O=C(c1ccc(Cl)cc1)N1CCCC1c1ccnc(Nc2ccccn2)n1. The van der Waals surface area contributed by atoms with Gasteiger partial charge < -0.3 is 10.2 Å². The number of carbonyl (C=O) groups excluding carboxylic acids is 1. The van der Waals surface area contributed by atoms with E-state index < -0.39 is 0 Å². The van der Waals surface area contributed by atoms with Crippen molar-refractivity contribution in [3.05, 3.63) is 77.2 Å². The summed E-state index contributed by atoms with van der Waals surface area (Å²) in [5.74, 6) is 1.14. The smallest absolute Gasteiger partial charge is 0.254 e. The zero-order valence-electron chi connectivity index (χ0n) is 14.5. The number of anilines is 2. The number of pyridine rings is 1. The van der Waals surface area contributed by atoms with E-state index in [0.29, 0.717) is 28.9 Å². The maximum atomic E-state index is 12.9. The summed E-state index contributed by atoms with van der Waals surface area (Å²) in [5, 5.41) is 3.71. The van der Waals surface area contributed by atoms with E-state index in [9.17, 15) is 4.79 Å². The van der Waals surface area contributed by atoms with Crippen molar-refractivity contribution < 1.29 is 4.79 Å². The Morgan fingerprint density at radius 1 is 1.07 bits per heavy atom. The molecule has 0 saturated carbocycles. The van der Waals surface area contributed by atoms with Gasteiger partial charge in [0.1, 0.15) is 5.82 Å². The number of hydrogen-bond donors (Lipinski definition) is 1. The average molecular weight is 380 g/mol. The summed E-state index contributed by atoms with van der Waals surface area (Å²) in [6, 6.07) is 14.4. The third kappa shape index (κ3) is 3.90. The van der Waals surface area contributed by atoms with E-state index >= 15 is 0 Å². The Morgan fingerprint density at radius 2 is 1.93 bits per heavy atom. The number of halogens is 1. The topological polar surface area (TPSA) is 71.0 Å². The number of likely N-dealkylation sites (tertiary alicyclic amines) is 1. The van der Waals surface area contributed by atoms with Crippen LogP contribution in [0.1, 0.15) is 34.9 Å². The first-order valence-electron chi connectivity index (χ1n) is 8.78. The van der Waals surface area contributed by atoms with Gasteiger partial charge in [-0.15, -0.1) is 0 Å². The lowest BCUT2D eigenvalue weighted by atomic mass is 10.1. The van der Waals surface area contributed by atoms with Gasteiger partial charge in [-0.1, -0.05) is 17.7 Å². The first kappa shape index (κ1) is 17.4. The summed E-state index contributed by atoms with van der Waals surface area (Å²) in [6.07, 6.45) is 5.23. The Morgan fingerprint density at radius 3 is 2.70 bits per heavy atom. The van der Waals surface area contributed by atoms with Gasteiger partial charge >= 0.3 is 0 Å². The van der Waals surface area contributed by atoms with Gasteiger partial charge in [0.25, 0.3) is 5.91 Å². The minimum atomic E-state index is -0.0690. The molecule has 0 aliphatic carbocycles. The summed E-state index contributed by atoms with van der Waals surface area (Å²) in [4.78, 5) is 27.9. The molecule has 1 unspecified atom stereocenters. The van der Waals surface area contributed by atoms with Crippen molar-refractivity contribution in [1.82, 2.24) is 19.9 Å². The highest BCUT2D eigenvalue weighted by Crippen LogP contribution is 2.32. The molecule has 1 fully saturated rings. The Hall–Kier alpha value is -2.99. The molecule has 4 rings (SSSR count). The molecule has 0 spiro atoms.